The molecule has 3 aliphatic rings. The van der Waals surface area contributed by atoms with Crippen molar-refractivity contribution in [2.45, 2.75) is 70.5 Å². The van der Waals surface area contributed by atoms with Gasteiger partial charge in [0.1, 0.15) is 5.02 Å². The summed E-state index contributed by atoms with van der Waals surface area (Å²) in [5.41, 5.74) is -2.68. The number of likely N-dealkylation sites (N-methyl/N-ethyl adjacent to an activating group) is 1. The average Bonchev–Trinajstić information content (AvgIpc) is 3.72. The Hall–Kier alpha value is -4.61. The minimum Gasteiger partial charge on any atom is -0.466 e. The van der Waals surface area contributed by atoms with Crippen LogP contribution in [0.15, 0.2) is 36.8 Å². The number of urea groups is 1. The summed E-state index contributed by atoms with van der Waals surface area (Å²) in [6, 6.07) is 0.557. The van der Waals surface area contributed by atoms with Crippen molar-refractivity contribution in [1.82, 2.24) is 24.8 Å². The van der Waals surface area contributed by atoms with Gasteiger partial charge in [0.2, 0.25) is 11.9 Å². The first-order chi connectivity index (χ1) is 25.6. The third-order valence-electron chi connectivity index (χ3n) is 10.1. The number of piperidine rings is 1. The van der Waals surface area contributed by atoms with Gasteiger partial charge in [0.05, 0.1) is 54.0 Å². The van der Waals surface area contributed by atoms with Gasteiger partial charge in [0.15, 0.2) is 5.82 Å². The van der Waals surface area contributed by atoms with E-state index in [9.17, 15) is 35.9 Å². The number of alkyl halides is 6. The first kappa shape index (κ1) is 39.1. The average molecular weight is 784 g/mol. The third-order valence-corrected chi connectivity index (χ3v) is 10.4. The third kappa shape index (κ3) is 8.37. The molecule has 54 heavy (non-hydrogen) atoms. The molecule has 3 fully saturated rings. The zero-order valence-electron chi connectivity index (χ0n) is 29.9. The van der Waals surface area contributed by atoms with Gasteiger partial charge in [-0.1, -0.05) is 18.5 Å². The van der Waals surface area contributed by atoms with Crippen molar-refractivity contribution in [3.05, 3.63) is 58.5 Å². The lowest BCUT2D eigenvalue weighted by Crippen LogP contribution is -2.39. The summed E-state index contributed by atoms with van der Waals surface area (Å²) in [7, 11) is 1.65. The lowest BCUT2D eigenvalue weighted by molar-refractivity contribution is -0.148. The number of halogens is 7. The van der Waals surface area contributed by atoms with E-state index in [1.54, 1.807) is 18.9 Å². The van der Waals surface area contributed by atoms with Gasteiger partial charge in [-0.2, -0.15) is 31.3 Å². The first-order valence-electron chi connectivity index (χ1n) is 17.7. The molecule has 3 aromatic rings. The van der Waals surface area contributed by atoms with Crippen LogP contribution in [0.3, 0.4) is 0 Å². The zero-order valence-corrected chi connectivity index (χ0v) is 30.6. The SMILES string of the molecule is CCOC(=O)C1CCN(c2ncc(Cl)c(N3C[C@@H](N(Cc4cc(C(F)(F)F)cc(C(F)(F)F)c4)c4ncc(N5CCN(C)C5=O)cn4)CC3CC)n2)CC1. The van der Waals surface area contributed by atoms with Crippen LogP contribution in [-0.2, 0) is 28.4 Å². The molecule has 3 aliphatic heterocycles. The van der Waals surface area contributed by atoms with Crippen LogP contribution in [0, 0.1) is 5.92 Å². The quantitative estimate of drug-likeness (QED) is 0.163. The van der Waals surface area contributed by atoms with Crippen molar-refractivity contribution < 1.29 is 40.7 Å². The van der Waals surface area contributed by atoms with E-state index < -0.39 is 29.5 Å². The number of hydrogen-bond acceptors (Lipinski definition) is 10. The number of nitrogens with zero attached hydrogens (tertiary/aromatic N) is 9. The number of carbonyl (C=O) groups is 2. The minimum absolute atomic E-state index is 0.0605. The Labute approximate surface area is 313 Å². The summed E-state index contributed by atoms with van der Waals surface area (Å²) in [5, 5.41) is 0.263. The van der Waals surface area contributed by atoms with Crippen molar-refractivity contribution in [3.63, 3.8) is 0 Å². The molecule has 0 N–H and O–H groups in total. The molecular weight excluding hydrogens is 744 g/mol. The molecule has 2 amide bonds. The van der Waals surface area contributed by atoms with Gasteiger partial charge >= 0.3 is 24.4 Å². The number of benzene rings is 1. The van der Waals surface area contributed by atoms with Gasteiger partial charge in [-0.25, -0.2) is 19.7 Å². The van der Waals surface area contributed by atoms with Gasteiger partial charge in [-0.05, 0) is 56.4 Å². The highest BCUT2D eigenvalue weighted by Gasteiger charge is 2.40. The standard InChI is InChI=1S/C35H40ClF6N9O3/c1-4-25-15-26(20-50(25)29-28(36)18-45-32(46-29)48-8-6-22(7-9-48)30(52)54-5-2)51(31-43-16-27(17-44-31)49-11-10-47(3)33(49)53)19-21-12-23(34(37,38)39)14-24(13-21)35(40,41)42/h12-14,16-18,22,25-26H,4-11,15,19-20H2,1-3H3/t25?,26-/m0/s1. The Balaban J connectivity index is 1.32. The van der Waals surface area contributed by atoms with Crippen LogP contribution in [0.2, 0.25) is 5.02 Å². The fourth-order valence-corrected chi connectivity index (χ4v) is 7.40. The van der Waals surface area contributed by atoms with Crippen molar-refractivity contribution in [1.29, 1.82) is 0 Å². The van der Waals surface area contributed by atoms with E-state index >= 15 is 0 Å². The van der Waals surface area contributed by atoms with Crippen LogP contribution in [0.4, 0.5) is 54.5 Å². The predicted octanol–water partition coefficient (Wildman–Crippen LogP) is 6.67. The van der Waals surface area contributed by atoms with Crippen molar-refractivity contribution in [2.24, 2.45) is 5.92 Å². The molecule has 0 spiro atoms. The lowest BCUT2D eigenvalue weighted by atomic mass is 9.97. The normalized spacial score (nSPS) is 19.9. The summed E-state index contributed by atoms with van der Waals surface area (Å²) in [4.78, 5) is 51.7. The summed E-state index contributed by atoms with van der Waals surface area (Å²) < 4.78 is 88.5. The van der Waals surface area contributed by atoms with Crippen LogP contribution >= 0.6 is 11.6 Å². The van der Waals surface area contributed by atoms with E-state index in [1.165, 1.54) is 28.4 Å². The maximum Gasteiger partial charge on any atom is 0.416 e. The highest BCUT2D eigenvalue weighted by Crippen LogP contribution is 2.39. The van der Waals surface area contributed by atoms with E-state index in [0.717, 1.165) is 0 Å². The van der Waals surface area contributed by atoms with Crippen molar-refractivity contribution in [2.75, 3.05) is 66.0 Å². The minimum atomic E-state index is -5.03. The largest absolute Gasteiger partial charge is 0.466 e. The molecule has 1 aromatic carbocycles. The molecular formula is C35H40ClF6N9O3. The number of hydrogen-bond donors (Lipinski definition) is 0. The van der Waals surface area contributed by atoms with E-state index in [-0.39, 0.29) is 59.7 Å². The second kappa shape index (κ2) is 15.6. The van der Waals surface area contributed by atoms with Crippen molar-refractivity contribution >= 4 is 47.0 Å². The molecule has 0 radical (unpaired) electrons. The topological polar surface area (TPSA) is 111 Å². The van der Waals surface area contributed by atoms with Gasteiger partial charge in [0, 0.05) is 52.4 Å². The predicted molar refractivity (Wildman–Crippen MR) is 188 cm³/mol. The van der Waals surface area contributed by atoms with Crippen LogP contribution in [0.1, 0.15) is 56.2 Å². The van der Waals surface area contributed by atoms with E-state index in [1.807, 2.05) is 16.7 Å². The van der Waals surface area contributed by atoms with E-state index in [4.69, 9.17) is 21.3 Å². The van der Waals surface area contributed by atoms with Crippen molar-refractivity contribution in [3.8, 4) is 0 Å². The van der Waals surface area contributed by atoms with Crippen LogP contribution in [0.25, 0.3) is 0 Å². The molecule has 6 rings (SSSR count). The number of amides is 2. The molecule has 5 heterocycles. The molecule has 0 bridgehead atoms. The maximum absolute atomic E-state index is 13.9. The van der Waals surface area contributed by atoms with Crippen LogP contribution < -0.4 is 19.6 Å². The Morgan fingerprint density at radius 2 is 1.59 bits per heavy atom. The summed E-state index contributed by atoms with van der Waals surface area (Å²) in [6.07, 6.45) is -3.57. The first-order valence-corrected chi connectivity index (χ1v) is 18.1. The molecule has 1 unspecified atom stereocenters. The number of carbonyl (C=O) groups excluding carboxylic acids is 2. The van der Waals surface area contributed by atoms with E-state index in [2.05, 4.69) is 15.0 Å². The van der Waals surface area contributed by atoms with Gasteiger partial charge in [0.25, 0.3) is 0 Å². The molecule has 0 saturated carbocycles. The number of rotatable bonds is 10. The number of anilines is 4. The van der Waals surface area contributed by atoms with Crippen LogP contribution in [0.5, 0.6) is 0 Å². The smallest absolute Gasteiger partial charge is 0.416 e. The summed E-state index contributed by atoms with van der Waals surface area (Å²) in [5.74, 6) is 0.445. The summed E-state index contributed by atoms with van der Waals surface area (Å²) >= 11 is 6.70. The van der Waals surface area contributed by atoms with Gasteiger partial charge in [-0.15, -0.1) is 0 Å². The Morgan fingerprint density at radius 3 is 2.15 bits per heavy atom. The second-order valence-corrected chi connectivity index (χ2v) is 14.0. The lowest BCUT2D eigenvalue weighted by Gasteiger charge is -2.32. The Morgan fingerprint density at radius 1 is 0.944 bits per heavy atom. The molecule has 19 heteroatoms. The molecule has 2 atom stereocenters. The molecule has 0 aliphatic carbocycles. The maximum atomic E-state index is 13.9. The monoisotopic (exact) mass is 783 g/mol. The highest BCUT2D eigenvalue weighted by molar-refractivity contribution is 6.32. The molecule has 12 nitrogen and oxygen atoms in total. The second-order valence-electron chi connectivity index (χ2n) is 13.6. The zero-order chi connectivity index (χ0) is 38.9. The molecule has 2 aromatic heterocycles. The number of ether oxygens (including phenoxy) is 1. The Kier molecular flexibility index (Phi) is 11.3. The van der Waals surface area contributed by atoms with Crippen LogP contribution in [-0.4, -0.2) is 95.3 Å². The summed E-state index contributed by atoms with van der Waals surface area (Å²) in [6.45, 7) is 5.78. The Bertz CT molecular complexity index is 1790. The molecule has 3 saturated heterocycles. The fourth-order valence-electron chi connectivity index (χ4n) is 7.20. The highest BCUT2D eigenvalue weighted by atomic mass is 35.5. The molecule has 292 valence electrons. The van der Waals surface area contributed by atoms with E-state index in [0.29, 0.717) is 88.1 Å². The van der Waals surface area contributed by atoms with Gasteiger partial charge < -0.3 is 24.3 Å². The number of aromatic nitrogens is 4. The number of esters is 1. The fraction of sp³-hybridized carbons (Fsp3) is 0.543. The van der Waals surface area contributed by atoms with Gasteiger partial charge in [-0.3, -0.25) is 9.69 Å².